The number of nitrogens with zero attached hydrogens (tertiary/aromatic N) is 2. The second-order valence-corrected chi connectivity index (χ2v) is 5.04. The molecular formula is C15H19FN2O2. The van der Waals surface area contributed by atoms with Gasteiger partial charge in [0.25, 0.3) is 0 Å². The smallest absolute Gasteiger partial charge is 0.219 e. The fourth-order valence-corrected chi connectivity index (χ4v) is 2.58. The molecular weight excluding hydrogens is 259 g/mol. The number of anilines is 1. The zero-order chi connectivity index (χ0) is 14.7. The van der Waals surface area contributed by atoms with E-state index >= 15 is 0 Å². The summed E-state index contributed by atoms with van der Waals surface area (Å²) in [4.78, 5) is 26.7. The number of ketones is 1. The van der Waals surface area contributed by atoms with E-state index in [0.717, 1.165) is 6.42 Å². The van der Waals surface area contributed by atoms with Crippen molar-refractivity contribution in [2.45, 2.75) is 20.3 Å². The molecule has 108 valence electrons. The minimum atomic E-state index is -0.381. The summed E-state index contributed by atoms with van der Waals surface area (Å²) in [5, 5.41) is 0. The summed E-state index contributed by atoms with van der Waals surface area (Å²) in [7, 11) is 0. The van der Waals surface area contributed by atoms with E-state index in [9.17, 15) is 14.0 Å². The zero-order valence-electron chi connectivity index (χ0n) is 11.9. The summed E-state index contributed by atoms with van der Waals surface area (Å²) >= 11 is 0. The van der Waals surface area contributed by atoms with E-state index in [1.807, 2.05) is 4.90 Å². The Labute approximate surface area is 118 Å². The fourth-order valence-electron chi connectivity index (χ4n) is 2.58. The molecule has 0 unspecified atom stereocenters. The van der Waals surface area contributed by atoms with Crippen LogP contribution in [0, 0.1) is 5.82 Å². The average Bonchev–Trinajstić information content (AvgIpc) is 2.64. The maximum absolute atomic E-state index is 14.1. The first kappa shape index (κ1) is 14.5. The molecule has 0 atom stereocenters. The fraction of sp³-hybridized carbons (Fsp3) is 0.467. The second kappa shape index (κ2) is 6.03. The molecule has 1 amide bonds. The third kappa shape index (κ3) is 2.98. The Morgan fingerprint density at radius 1 is 1.10 bits per heavy atom. The van der Waals surface area contributed by atoms with E-state index in [1.54, 1.807) is 24.0 Å². The zero-order valence-corrected chi connectivity index (χ0v) is 11.9. The van der Waals surface area contributed by atoms with Gasteiger partial charge in [-0.2, -0.15) is 0 Å². The molecule has 1 fully saturated rings. The van der Waals surface area contributed by atoms with E-state index in [1.165, 1.54) is 13.0 Å². The number of amides is 1. The van der Waals surface area contributed by atoms with E-state index in [2.05, 4.69) is 0 Å². The van der Waals surface area contributed by atoms with Crippen molar-refractivity contribution >= 4 is 17.4 Å². The molecule has 0 aliphatic carbocycles. The van der Waals surface area contributed by atoms with Gasteiger partial charge in [-0.15, -0.1) is 0 Å². The Balaban J connectivity index is 2.28. The molecule has 0 N–H and O–H groups in total. The molecule has 0 aromatic heterocycles. The average molecular weight is 278 g/mol. The number of halogens is 1. The number of benzene rings is 1. The van der Waals surface area contributed by atoms with Crippen molar-refractivity contribution in [1.29, 1.82) is 0 Å². The Morgan fingerprint density at radius 3 is 2.50 bits per heavy atom. The normalized spacial score (nSPS) is 15.9. The third-order valence-electron chi connectivity index (χ3n) is 3.62. The van der Waals surface area contributed by atoms with Gasteiger partial charge in [-0.05, 0) is 25.5 Å². The minimum Gasteiger partial charge on any atom is -0.367 e. The van der Waals surface area contributed by atoms with Crippen molar-refractivity contribution in [3.05, 3.63) is 29.6 Å². The van der Waals surface area contributed by atoms with Crippen LogP contribution in [-0.4, -0.2) is 42.8 Å². The first-order valence-electron chi connectivity index (χ1n) is 6.80. The SMILES string of the molecule is CC(=O)c1cccc(F)c1N1CCCN(C(C)=O)CC1. The molecule has 1 heterocycles. The lowest BCUT2D eigenvalue weighted by Gasteiger charge is -2.25. The molecule has 0 bridgehead atoms. The highest BCUT2D eigenvalue weighted by atomic mass is 19.1. The number of Topliss-reactive ketones (excluding diaryl/α,β-unsaturated/α-hetero) is 1. The highest BCUT2D eigenvalue weighted by molar-refractivity contribution is 5.99. The van der Waals surface area contributed by atoms with Gasteiger partial charge in [0.15, 0.2) is 5.78 Å². The van der Waals surface area contributed by atoms with E-state index in [-0.39, 0.29) is 17.5 Å². The van der Waals surface area contributed by atoms with Gasteiger partial charge in [0.05, 0.1) is 5.69 Å². The molecule has 1 aliphatic rings. The molecule has 1 aromatic rings. The number of hydrogen-bond donors (Lipinski definition) is 0. The molecule has 0 saturated carbocycles. The number of carbonyl (C=O) groups excluding carboxylic acids is 2. The lowest BCUT2D eigenvalue weighted by atomic mass is 10.1. The molecule has 20 heavy (non-hydrogen) atoms. The Morgan fingerprint density at radius 2 is 1.85 bits per heavy atom. The lowest BCUT2D eigenvalue weighted by Crippen LogP contribution is -2.34. The quantitative estimate of drug-likeness (QED) is 0.778. The van der Waals surface area contributed by atoms with Crippen LogP contribution in [0.4, 0.5) is 10.1 Å². The number of hydrogen-bond acceptors (Lipinski definition) is 3. The van der Waals surface area contributed by atoms with Gasteiger partial charge in [-0.1, -0.05) is 6.07 Å². The topological polar surface area (TPSA) is 40.6 Å². The van der Waals surface area contributed by atoms with Gasteiger partial charge in [0, 0.05) is 38.7 Å². The van der Waals surface area contributed by atoms with E-state index in [0.29, 0.717) is 37.4 Å². The molecule has 0 spiro atoms. The lowest BCUT2D eigenvalue weighted by molar-refractivity contribution is -0.128. The van der Waals surface area contributed by atoms with Crippen LogP contribution in [-0.2, 0) is 4.79 Å². The van der Waals surface area contributed by atoms with Crippen molar-refractivity contribution in [2.24, 2.45) is 0 Å². The standard InChI is InChI=1S/C15H19FN2O2/c1-11(19)13-5-3-6-14(16)15(13)18-8-4-7-17(9-10-18)12(2)20/h3,5-6H,4,7-10H2,1-2H3. The predicted octanol–water partition coefficient (Wildman–Crippen LogP) is 2.09. The summed E-state index contributed by atoms with van der Waals surface area (Å²) in [6.45, 7) is 5.40. The summed E-state index contributed by atoms with van der Waals surface area (Å²) in [5.41, 5.74) is 0.770. The van der Waals surface area contributed by atoms with Crippen LogP contribution in [0.15, 0.2) is 18.2 Å². The molecule has 1 saturated heterocycles. The van der Waals surface area contributed by atoms with Gasteiger partial charge < -0.3 is 9.80 Å². The minimum absolute atomic E-state index is 0.0344. The van der Waals surface area contributed by atoms with Crippen molar-refractivity contribution < 1.29 is 14.0 Å². The van der Waals surface area contributed by atoms with Crippen molar-refractivity contribution in [3.8, 4) is 0 Å². The van der Waals surface area contributed by atoms with E-state index in [4.69, 9.17) is 0 Å². The van der Waals surface area contributed by atoms with Crippen LogP contribution in [0.2, 0.25) is 0 Å². The first-order chi connectivity index (χ1) is 9.50. The molecule has 4 nitrogen and oxygen atoms in total. The number of carbonyl (C=O) groups is 2. The van der Waals surface area contributed by atoms with Crippen LogP contribution in [0.3, 0.4) is 0 Å². The molecule has 1 aromatic carbocycles. The van der Waals surface area contributed by atoms with Gasteiger partial charge >= 0.3 is 0 Å². The summed E-state index contributed by atoms with van der Waals surface area (Å²) in [6.07, 6.45) is 0.769. The maximum Gasteiger partial charge on any atom is 0.219 e. The van der Waals surface area contributed by atoms with Gasteiger partial charge in [0.1, 0.15) is 5.82 Å². The van der Waals surface area contributed by atoms with Crippen molar-refractivity contribution in [1.82, 2.24) is 4.90 Å². The van der Waals surface area contributed by atoms with Gasteiger partial charge in [-0.25, -0.2) is 4.39 Å². The van der Waals surface area contributed by atoms with Gasteiger partial charge in [-0.3, -0.25) is 9.59 Å². The van der Waals surface area contributed by atoms with Crippen molar-refractivity contribution in [3.63, 3.8) is 0 Å². The Hall–Kier alpha value is -1.91. The predicted molar refractivity (Wildman–Crippen MR) is 75.5 cm³/mol. The Kier molecular flexibility index (Phi) is 4.37. The summed E-state index contributed by atoms with van der Waals surface area (Å²) in [5.74, 6) is -0.492. The highest BCUT2D eigenvalue weighted by Gasteiger charge is 2.22. The molecule has 5 heteroatoms. The molecule has 1 aliphatic heterocycles. The van der Waals surface area contributed by atoms with Crippen LogP contribution in [0.1, 0.15) is 30.6 Å². The van der Waals surface area contributed by atoms with Crippen molar-refractivity contribution in [2.75, 3.05) is 31.1 Å². The van der Waals surface area contributed by atoms with Crippen LogP contribution >= 0.6 is 0 Å². The number of rotatable bonds is 2. The van der Waals surface area contributed by atoms with Crippen LogP contribution in [0.25, 0.3) is 0 Å². The second-order valence-electron chi connectivity index (χ2n) is 5.04. The Bertz CT molecular complexity index is 531. The monoisotopic (exact) mass is 278 g/mol. The maximum atomic E-state index is 14.1. The summed E-state index contributed by atoms with van der Waals surface area (Å²) < 4.78 is 14.1. The van der Waals surface area contributed by atoms with Gasteiger partial charge in [0.2, 0.25) is 5.91 Å². The largest absolute Gasteiger partial charge is 0.367 e. The molecule has 0 radical (unpaired) electrons. The highest BCUT2D eigenvalue weighted by Crippen LogP contribution is 2.26. The summed E-state index contributed by atoms with van der Waals surface area (Å²) in [6, 6.07) is 4.57. The van der Waals surface area contributed by atoms with Crippen LogP contribution in [0.5, 0.6) is 0 Å². The molecule has 2 rings (SSSR count). The van der Waals surface area contributed by atoms with Crippen LogP contribution < -0.4 is 4.90 Å². The number of para-hydroxylation sites is 1. The van der Waals surface area contributed by atoms with E-state index < -0.39 is 0 Å². The first-order valence-corrected chi connectivity index (χ1v) is 6.80. The third-order valence-corrected chi connectivity index (χ3v) is 3.62.